The molecule has 0 aliphatic heterocycles. The number of anilines is 1. The molecule has 0 radical (unpaired) electrons. The van der Waals surface area contributed by atoms with Gasteiger partial charge in [0.2, 0.25) is 0 Å². The molecular weight excluding hydrogens is 204 g/mol. The fourth-order valence-corrected chi connectivity index (χ4v) is 1.62. The van der Waals surface area contributed by atoms with Gasteiger partial charge in [-0.1, -0.05) is 0 Å². The van der Waals surface area contributed by atoms with Crippen molar-refractivity contribution < 1.29 is 9.52 Å². The largest absolute Gasteiger partial charge is 0.441 e. The minimum absolute atomic E-state index is 0.252. The summed E-state index contributed by atoms with van der Waals surface area (Å²) in [5.41, 5.74) is 2.73. The van der Waals surface area contributed by atoms with Gasteiger partial charge in [-0.2, -0.15) is 0 Å². The lowest BCUT2D eigenvalue weighted by Gasteiger charge is -2.04. The highest BCUT2D eigenvalue weighted by molar-refractivity contribution is 5.77. The van der Waals surface area contributed by atoms with E-state index < -0.39 is 0 Å². The first kappa shape index (κ1) is 11.0. The number of aliphatic hydroxyl groups is 1. The molecular formula is C12H16N2O2. The van der Waals surface area contributed by atoms with Gasteiger partial charge in [-0.05, 0) is 25.0 Å². The molecule has 1 aromatic heterocycles. The number of aromatic nitrogens is 1. The molecule has 0 saturated heterocycles. The van der Waals surface area contributed by atoms with Crippen molar-refractivity contribution in [3.05, 3.63) is 24.1 Å². The van der Waals surface area contributed by atoms with Crippen molar-refractivity contribution in [2.75, 3.05) is 18.5 Å². The van der Waals surface area contributed by atoms with Crippen LogP contribution in [0.3, 0.4) is 0 Å². The van der Waals surface area contributed by atoms with Crippen LogP contribution in [0.25, 0.3) is 11.1 Å². The summed E-state index contributed by atoms with van der Waals surface area (Å²) in [6.07, 6.45) is 1.79. The maximum absolute atomic E-state index is 8.66. The Kier molecular flexibility index (Phi) is 3.41. The number of hydrogen-bond acceptors (Lipinski definition) is 4. The number of fused-ring (bicyclic) bond motifs is 1. The fourth-order valence-electron chi connectivity index (χ4n) is 1.62. The molecule has 16 heavy (non-hydrogen) atoms. The SMILES string of the molecule is Cc1nc2ccc(NCCCCO)cc2o1. The van der Waals surface area contributed by atoms with Crippen molar-refractivity contribution in [1.29, 1.82) is 0 Å². The molecule has 0 atom stereocenters. The summed E-state index contributed by atoms with van der Waals surface area (Å²) in [6, 6.07) is 5.89. The van der Waals surface area contributed by atoms with Gasteiger partial charge in [0.05, 0.1) is 0 Å². The lowest BCUT2D eigenvalue weighted by atomic mass is 10.2. The van der Waals surface area contributed by atoms with Gasteiger partial charge in [0.1, 0.15) is 5.52 Å². The minimum Gasteiger partial charge on any atom is -0.441 e. The molecule has 0 fully saturated rings. The first-order chi connectivity index (χ1) is 7.79. The number of benzene rings is 1. The third kappa shape index (κ3) is 2.52. The van der Waals surface area contributed by atoms with Crippen molar-refractivity contribution in [2.24, 2.45) is 0 Å². The van der Waals surface area contributed by atoms with Crippen LogP contribution in [0.1, 0.15) is 18.7 Å². The number of oxazole rings is 1. The Labute approximate surface area is 94.3 Å². The van der Waals surface area contributed by atoms with Crippen LogP contribution >= 0.6 is 0 Å². The van der Waals surface area contributed by atoms with Gasteiger partial charge in [-0.15, -0.1) is 0 Å². The van der Waals surface area contributed by atoms with E-state index in [-0.39, 0.29) is 6.61 Å². The highest BCUT2D eigenvalue weighted by Gasteiger charge is 2.02. The van der Waals surface area contributed by atoms with Crippen LogP contribution in [-0.2, 0) is 0 Å². The van der Waals surface area contributed by atoms with Crippen LogP contribution in [0.5, 0.6) is 0 Å². The number of unbranched alkanes of at least 4 members (excludes halogenated alkanes) is 1. The zero-order chi connectivity index (χ0) is 11.4. The summed E-state index contributed by atoms with van der Waals surface area (Å²) < 4.78 is 5.44. The molecule has 2 N–H and O–H groups in total. The van der Waals surface area contributed by atoms with Crippen molar-refractivity contribution in [2.45, 2.75) is 19.8 Å². The zero-order valence-electron chi connectivity index (χ0n) is 9.36. The van der Waals surface area contributed by atoms with Gasteiger partial charge in [0.25, 0.3) is 0 Å². The van der Waals surface area contributed by atoms with E-state index in [4.69, 9.17) is 9.52 Å². The van der Waals surface area contributed by atoms with Crippen LogP contribution in [0, 0.1) is 6.92 Å². The quantitative estimate of drug-likeness (QED) is 0.759. The third-order valence-electron chi connectivity index (χ3n) is 2.41. The highest BCUT2D eigenvalue weighted by Crippen LogP contribution is 2.19. The van der Waals surface area contributed by atoms with Gasteiger partial charge in [0, 0.05) is 31.8 Å². The number of nitrogens with one attached hydrogen (secondary N) is 1. The molecule has 0 unspecified atom stereocenters. The number of aryl methyl sites for hydroxylation is 1. The molecule has 86 valence electrons. The minimum atomic E-state index is 0.252. The second-order valence-electron chi connectivity index (χ2n) is 3.77. The maximum Gasteiger partial charge on any atom is 0.192 e. The van der Waals surface area contributed by atoms with Gasteiger partial charge in [0.15, 0.2) is 11.5 Å². The van der Waals surface area contributed by atoms with E-state index in [1.807, 2.05) is 25.1 Å². The first-order valence-electron chi connectivity index (χ1n) is 5.51. The van der Waals surface area contributed by atoms with Crippen molar-refractivity contribution in [1.82, 2.24) is 4.98 Å². The molecule has 0 bridgehead atoms. The molecule has 1 aromatic carbocycles. The molecule has 0 aliphatic carbocycles. The summed E-state index contributed by atoms with van der Waals surface area (Å²) in [6.45, 7) is 2.95. The molecule has 1 heterocycles. The molecule has 2 rings (SSSR count). The second kappa shape index (κ2) is 4.99. The van der Waals surface area contributed by atoms with Crippen molar-refractivity contribution >= 4 is 16.8 Å². The Hall–Kier alpha value is -1.55. The second-order valence-corrected chi connectivity index (χ2v) is 3.77. The predicted molar refractivity (Wildman–Crippen MR) is 63.6 cm³/mol. The van der Waals surface area contributed by atoms with E-state index in [9.17, 15) is 0 Å². The van der Waals surface area contributed by atoms with E-state index in [1.54, 1.807) is 0 Å². The summed E-state index contributed by atoms with van der Waals surface area (Å²) >= 11 is 0. The van der Waals surface area contributed by atoms with Gasteiger partial charge >= 0.3 is 0 Å². The fraction of sp³-hybridized carbons (Fsp3) is 0.417. The summed E-state index contributed by atoms with van der Waals surface area (Å²) in [7, 11) is 0. The van der Waals surface area contributed by atoms with Gasteiger partial charge in [-0.25, -0.2) is 4.98 Å². The summed E-state index contributed by atoms with van der Waals surface area (Å²) in [4.78, 5) is 4.24. The Morgan fingerprint density at radius 1 is 1.38 bits per heavy atom. The first-order valence-corrected chi connectivity index (χ1v) is 5.51. The van der Waals surface area contributed by atoms with E-state index in [0.29, 0.717) is 5.89 Å². The lowest BCUT2D eigenvalue weighted by molar-refractivity contribution is 0.286. The number of hydrogen-bond donors (Lipinski definition) is 2. The topological polar surface area (TPSA) is 58.3 Å². The average Bonchev–Trinajstić information content (AvgIpc) is 2.64. The van der Waals surface area contributed by atoms with Crippen LogP contribution < -0.4 is 5.32 Å². The van der Waals surface area contributed by atoms with Crippen molar-refractivity contribution in [3.8, 4) is 0 Å². The molecule has 2 aromatic rings. The standard InChI is InChI=1S/C12H16N2O2/c1-9-14-11-5-4-10(8-12(11)16-9)13-6-2-3-7-15/h4-5,8,13,15H,2-3,6-7H2,1H3. The third-order valence-corrected chi connectivity index (χ3v) is 2.41. The Morgan fingerprint density at radius 2 is 2.25 bits per heavy atom. The Bertz CT molecular complexity index is 465. The predicted octanol–water partition coefficient (Wildman–Crippen LogP) is 2.32. The van der Waals surface area contributed by atoms with Crippen LogP contribution in [0.15, 0.2) is 22.6 Å². The van der Waals surface area contributed by atoms with Crippen LogP contribution in [0.4, 0.5) is 5.69 Å². The lowest BCUT2D eigenvalue weighted by Crippen LogP contribution is -2.01. The van der Waals surface area contributed by atoms with Gasteiger partial charge in [-0.3, -0.25) is 0 Å². The normalized spacial score (nSPS) is 10.9. The van der Waals surface area contributed by atoms with E-state index >= 15 is 0 Å². The number of nitrogens with zero attached hydrogens (tertiary/aromatic N) is 1. The van der Waals surface area contributed by atoms with Crippen LogP contribution in [-0.4, -0.2) is 23.2 Å². The van der Waals surface area contributed by atoms with E-state index in [2.05, 4.69) is 10.3 Å². The molecule has 0 saturated carbocycles. The number of aliphatic hydroxyl groups excluding tert-OH is 1. The summed E-state index contributed by atoms with van der Waals surface area (Å²) in [5.74, 6) is 0.687. The maximum atomic E-state index is 8.66. The molecule has 0 spiro atoms. The average molecular weight is 220 g/mol. The molecule has 0 amide bonds. The van der Waals surface area contributed by atoms with Crippen LogP contribution in [0.2, 0.25) is 0 Å². The Morgan fingerprint density at radius 3 is 3.06 bits per heavy atom. The van der Waals surface area contributed by atoms with Gasteiger partial charge < -0.3 is 14.8 Å². The number of rotatable bonds is 5. The smallest absolute Gasteiger partial charge is 0.192 e. The zero-order valence-corrected chi connectivity index (χ0v) is 9.36. The van der Waals surface area contributed by atoms with Crippen molar-refractivity contribution in [3.63, 3.8) is 0 Å². The van der Waals surface area contributed by atoms with E-state index in [0.717, 1.165) is 36.2 Å². The summed E-state index contributed by atoms with van der Waals surface area (Å²) in [5, 5.41) is 11.9. The Balaban J connectivity index is 2.02. The monoisotopic (exact) mass is 220 g/mol. The highest BCUT2D eigenvalue weighted by atomic mass is 16.3. The van der Waals surface area contributed by atoms with E-state index in [1.165, 1.54) is 0 Å². The molecule has 4 heteroatoms. The molecule has 0 aliphatic rings. The molecule has 4 nitrogen and oxygen atoms in total.